The third kappa shape index (κ3) is 3.09. The van der Waals surface area contributed by atoms with Crippen molar-refractivity contribution in [3.05, 3.63) is 60.7 Å². The van der Waals surface area contributed by atoms with Crippen LogP contribution in [0.25, 0.3) is 0 Å². The number of amides is 3. The average molecular weight is 335 g/mol. The van der Waals surface area contributed by atoms with Crippen LogP contribution in [-0.2, 0) is 4.79 Å². The van der Waals surface area contributed by atoms with Crippen LogP contribution >= 0.6 is 0 Å². The highest BCUT2D eigenvalue weighted by Crippen LogP contribution is 2.41. The maximum atomic E-state index is 12.5. The third-order valence-corrected chi connectivity index (χ3v) is 5.14. The number of nitrogens with one attached hydrogen (secondary N) is 1. The van der Waals surface area contributed by atoms with E-state index >= 15 is 0 Å². The average Bonchev–Trinajstić information content (AvgIpc) is 3.20. The molecule has 0 radical (unpaired) electrons. The molecule has 1 unspecified atom stereocenters. The van der Waals surface area contributed by atoms with Gasteiger partial charge in [0.15, 0.2) is 0 Å². The van der Waals surface area contributed by atoms with E-state index in [9.17, 15) is 9.59 Å². The van der Waals surface area contributed by atoms with Crippen LogP contribution in [0.1, 0.15) is 12.8 Å². The van der Waals surface area contributed by atoms with Gasteiger partial charge in [-0.1, -0.05) is 36.4 Å². The molecule has 0 aliphatic carbocycles. The Hall–Kier alpha value is -2.82. The van der Waals surface area contributed by atoms with Crippen molar-refractivity contribution in [1.82, 2.24) is 4.90 Å². The molecule has 5 nitrogen and oxygen atoms in total. The number of urea groups is 1. The van der Waals surface area contributed by atoms with Crippen LogP contribution in [0.5, 0.6) is 0 Å². The Labute approximate surface area is 147 Å². The molecule has 1 N–H and O–H groups in total. The molecular weight excluding hydrogens is 314 g/mol. The number of likely N-dealkylation sites (tertiary alicyclic amines) is 1. The number of carbonyl (C=O) groups excluding carboxylic acids is 2. The van der Waals surface area contributed by atoms with Gasteiger partial charge in [-0.3, -0.25) is 4.79 Å². The van der Waals surface area contributed by atoms with Crippen molar-refractivity contribution in [3.8, 4) is 0 Å². The van der Waals surface area contributed by atoms with Gasteiger partial charge in [-0.25, -0.2) is 4.79 Å². The standard InChI is InChI=1S/C20H21N3O2/c24-18-13-20(15-23(18)17-9-5-2-6-10-17)11-12-22(14-20)19(25)21-16-7-3-1-4-8-16/h1-10H,11-15H2,(H,21,25). The van der Waals surface area contributed by atoms with Gasteiger partial charge >= 0.3 is 6.03 Å². The van der Waals surface area contributed by atoms with E-state index in [4.69, 9.17) is 0 Å². The van der Waals surface area contributed by atoms with Gasteiger partial charge in [0.05, 0.1) is 0 Å². The van der Waals surface area contributed by atoms with E-state index < -0.39 is 0 Å². The van der Waals surface area contributed by atoms with E-state index in [0.29, 0.717) is 26.1 Å². The van der Waals surface area contributed by atoms with Crippen LogP contribution in [0, 0.1) is 5.41 Å². The Morgan fingerprint density at radius 2 is 1.64 bits per heavy atom. The highest BCUT2D eigenvalue weighted by molar-refractivity contribution is 5.97. The van der Waals surface area contributed by atoms with E-state index in [1.807, 2.05) is 70.5 Å². The maximum Gasteiger partial charge on any atom is 0.321 e. The number of para-hydroxylation sites is 2. The lowest BCUT2D eigenvalue weighted by molar-refractivity contribution is -0.117. The summed E-state index contributed by atoms with van der Waals surface area (Å²) in [4.78, 5) is 28.7. The predicted molar refractivity (Wildman–Crippen MR) is 97.5 cm³/mol. The molecule has 0 bridgehead atoms. The molecule has 1 spiro atoms. The van der Waals surface area contributed by atoms with E-state index in [1.165, 1.54) is 0 Å². The first-order chi connectivity index (χ1) is 12.2. The summed E-state index contributed by atoms with van der Waals surface area (Å²) in [7, 11) is 0. The first-order valence-electron chi connectivity index (χ1n) is 8.62. The highest BCUT2D eigenvalue weighted by atomic mass is 16.2. The zero-order valence-corrected chi connectivity index (χ0v) is 14.0. The third-order valence-electron chi connectivity index (χ3n) is 5.14. The summed E-state index contributed by atoms with van der Waals surface area (Å²) in [6, 6.07) is 19.1. The molecule has 25 heavy (non-hydrogen) atoms. The first kappa shape index (κ1) is 15.7. The normalized spacial score (nSPS) is 22.6. The number of nitrogens with zero attached hydrogens (tertiary/aromatic N) is 2. The topological polar surface area (TPSA) is 52.7 Å². The molecule has 1 atom stereocenters. The van der Waals surface area contributed by atoms with Crippen molar-refractivity contribution < 1.29 is 9.59 Å². The fourth-order valence-electron chi connectivity index (χ4n) is 3.84. The molecular formula is C20H21N3O2. The Morgan fingerprint density at radius 1 is 0.960 bits per heavy atom. The maximum absolute atomic E-state index is 12.5. The van der Waals surface area contributed by atoms with Crippen LogP contribution in [0.4, 0.5) is 16.2 Å². The highest BCUT2D eigenvalue weighted by Gasteiger charge is 2.48. The number of hydrogen-bond donors (Lipinski definition) is 1. The molecule has 2 saturated heterocycles. The number of benzene rings is 2. The zero-order valence-electron chi connectivity index (χ0n) is 14.0. The Morgan fingerprint density at radius 3 is 2.36 bits per heavy atom. The number of rotatable bonds is 2. The monoisotopic (exact) mass is 335 g/mol. The molecule has 2 aliphatic heterocycles. The lowest BCUT2D eigenvalue weighted by atomic mass is 9.86. The molecule has 4 rings (SSSR count). The smallest absolute Gasteiger partial charge is 0.321 e. The minimum absolute atomic E-state index is 0.0892. The van der Waals surface area contributed by atoms with Crippen LogP contribution in [0.3, 0.4) is 0 Å². The second-order valence-corrected chi connectivity index (χ2v) is 6.96. The number of hydrogen-bond acceptors (Lipinski definition) is 2. The van der Waals surface area contributed by atoms with Crippen molar-refractivity contribution in [2.75, 3.05) is 29.9 Å². The van der Waals surface area contributed by atoms with Gasteiger partial charge in [-0.05, 0) is 30.7 Å². The summed E-state index contributed by atoms with van der Waals surface area (Å²) in [6.45, 7) is 2.00. The lowest BCUT2D eigenvalue weighted by Gasteiger charge is -2.24. The second kappa shape index (κ2) is 6.24. The van der Waals surface area contributed by atoms with Crippen molar-refractivity contribution in [1.29, 1.82) is 0 Å². The van der Waals surface area contributed by atoms with Gasteiger partial charge in [0.25, 0.3) is 0 Å². The van der Waals surface area contributed by atoms with Gasteiger partial charge in [-0.2, -0.15) is 0 Å². The van der Waals surface area contributed by atoms with Gasteiger partial charge in [-0.15, -0.1) is 0 Å². The van der Waals surface area contributed by atoms with Crippen molar-refractivity contribution in [2.24, 2.45) is 5.41 Å². The summed E-state index contributed by atoms with van der Waals surface area (Å²) < 4.78 is 0. The summed E-state index contributed by atoms with van der Waals surface area (Å²) in [5, 5.41) is 2.93. The predicted octanol–water partition coefficient (Wildman–Crippen LogP) is 3.35. The second-order valence-electron chi connectivity index (χ2n) is 6.96. The van der Waals surface area contributed by atoms with E-state index in [2.05, 4.69) is 5.32 Å². The minimum Gasteiger partial charge on any atom is -0.324 e. The summed E-state index contributed by atoms with van der Waals surface area (Å²) in [6.07, 6.45) is 1.38. The van der Waals surface area contributed by atoms with E-state index in [1.54, 1.807) is 0 Å². The molecule has 0 saturated carbocycles. The minimum atomic E-state index is -0.124. The van der Waals surface area contributed by atoms with Crippen LogP contribution in [0.2, 0.25) is 0 Å². The zero-order chi connectivity index (χ0) is 17.3. The van der Waals surface area contributed by atoms with Crippen molar-refractivity contribution >= 4 is 23.3 Å². The largest absolute Gasteiger partial charge is 0.324 e. The van der Waals surface area contributed by atoms with Crippen LogP contribution in [0.15, 0.2) is 60.7 Å². The summed E-state index contributed by atoms with van der Waals surface area (Å²) >= 11 is 0. The lowest BCUT2D eigenvalue weighted by Crippen LogP contribution is -2.36. The molecule has 2 aromatic rings. The van der Waals surface area contributed by atoms with Crippen LogP contribution < -0.4 is 10.2 Å². The summed E-state index contributed by atoms with van der Waals surface area (Å²) in [5.41, 5.74) is 1.61. The van der Waals surface area contributed by atoms with Gasteiger partial charge in [0, 0.05) is 42.8 Å². The molecule has 3 amide bonds. The van der Waals surface area contributed by atoms with E-state index in [-0.39, 0.29) is 17.4 Å². The first-order valence-corrected chi connectivity index (χ1v) is 8.62. The fraction of sp³-hybridized carbons (Fsp3) is 0.300. The van der Waals surface area contributed by atoms with Crippen molar-refractivity contribution in [2.45, 2.75) is 12.8 Å². The number of carbonyl (C=O) groups is 2. The number of anilines is 2. The van der Waals surface area contributed by atoms with Gasteiger partial charge < -0.3 is 15.1 Å². The Balaban J connectivity index is 1.43. The van der Waals surface area contributed by atoms with Gasteiger partial charge in [0.1, 0.15) is 0 Å². The molecule has 2 aromatic carbocycles. The molecule has 128 valence electrons. The Bertz CT molecular complexity index is 778. The summed E-state index contributed by atoms with van der Waals surface area (Å²) in [5.74, 6) is 0.150. The molecule has 2 heterocycles. The molecule has 2 fully saturated rings. The van der Waals surface area contributed by atoms with Crippen LogP contribution in [-0.4, -0.2) is 36.5 Å². The SMILES string of the molecule is O=C(Nc1ccccc1)N1CCC2(CC(=O)N(c3ccccc3)C2)C1. The van der Waals surface area contributed by atoms with E-state index in [0.717, 1.165) is 17.8 Å². The van der Waals surface area contributed by atoms with Gasteiger partial charge in [0.2, 0.25) is 5.91 Å². The Kier molecular flexibility index (Phi) is 3.92. The quantitative estimate of drug-likeness (QED) is 0.915. The molecule has 2 aliphatic rings. The molecule has 0 aromatic heterocycles. The van der Waals surface area contributed by atoms with Crippen molar-refractivity contribution in [3.63, 3.8) is 0 Å². The molecule has 5 heteroatoms. The fourth-order valence-corrected chi connectivity index (χ4v) is 3.84.